The normalized spacial score (nSPS) is 16.1. The van der Waals surface area contributed by atoms with E-state index in [0.717, 1.165) is 127 Å². The van der Waals surface area contributed by atoms with E-state index in [1.54, 1.807) is 56.9 Å². The number of H-pyrrole nitrogens is 1. The topological polar surface area (TPSA) is 248 Å². The van der Waals surface area contributed by atoms with Gasteiger partial charge in [0.05, 0.1) is 51.3 Å². The average Bonchev–Trinajstić information content (AvgIpc) is 1.58. The largest absolute Gasteiger partial charge is 0.486 e. The first-order valence-electron chi connectivity index (χ1n) is 34.9. The van der Waals surface area contributed by atoms with Gasteiger partial charge in [-0.15, -0.1) is 0 Å². The first kappa shape index (κ1) is 82.3. The lowest BCUT2D eigenvalue weighted by Gasteiger charge is -2.34. The highest BCUT2D eigenvalue weighted by atomic mass is 79.9. The Bertz CT molecular complexity index is 5320. The van der Waals surface area contributed by atoms with Crippen LogP contribution in [0, 0.1) is 48.5 Å². The Balaban J connectivity index is 0.000000122. The molecule has 0 radical (unpaired) electrons. The van der Waals surface area contributed by atoms with Crippen LogP contribution < -0.4 is 48.2 Å². The molecule has 10 heterocycles. The Morgan fingerprint density at radius 2 is 0.820 bits per heavy atom. The third-order valence-corrected chi connectivity index (χ3v) is 28.0. The number of nitrogens with zero attached hydrogens (tertiary/aromatic N) is 14. The maximum Gasteiger partial charge on any atom is 0.259 e. The summed E-state index contributed by atoms with van der Waals surface area (Å²) in [6.07, 6.45) is 8.90. The van der Waals surface area contributed by atoms with E-state index in [4.69, 9.17) is 23.7 Å². The summed E-state index contributed by atoms with van der Waals surface area (Å²) in [5.74, 6) is 5.74. The second-order valence-corrected chi connectivity index (χ2v) is 36.4. The smallest absolute Gasteiger partial charge is 0.259 e. The zero-order chi connectivity index (χ0) is 79.9. The number of aromatic amines is 1. The van der Waals surface area contributed by atoms with E-state index in [1.165, 1.54) is 0 Å². The van der Waals surface area contributed by atoms with Gasteiger partial charge in [-0.1, -0.05) is 159 Å². The van der Waals surface area contributed by atoms with E-state index in [2.05, 4.69) is 190 Å². The van der Waals surface area contributed by atoms with Gasteiger partial charge in [0, 0.05) is 101 Å². The van der Waals surface area contributed by atoms with Gasteiger partial charge in [0.25, 0.3) is 29.5 Å². The van der Waals surface area contributed by atoms with Gasteiger partial charge in [-0.05, 0) is 170 Å². The number of carbonyl (C=O) groups is 5. The molecule has 5 aromatic heterocycles. The summed E-state index contributed by atoms with van der Waals surface area (Å²) < 4.78 is 44.8. The van der Waals surface area contributed by atoms with Gasteiger partial charge >= 0.3 is 0 Å². The van der Waals surface area contributed by atoms with Gasteiger partial charge in [-0.2, -0.15) is 25.5 Å². The van der Waals surface area contributed by atoms with E-state index in [0.29, 0.717) is 114 Å². The maximum absolute atomic E-state index is 13.2. The fourth-order valence-electron chi connectivity index (χ4n) is 13.1. The van der Waals surface area contributed by atoms with Crippen LogP contribution in [-0.4, -0.2) is 142 Å². The van der Waals surface area contributed by atoms with Gasteiger partial charge in [-0.3, -0.25) is 53.2 Å². The summed E-state index contributed by atoms with van der Waals surface area (Å²) in [6, 6.07) is 18.5. The zero-order valence-electron chi connectivity index (χ0n) is 62.0. The van der Waals surface area contributed by atoms with Gasteiger partial charge in [-0.25, -0.2) is 19.1 Å². The van der Waals surface area contributed by atoms with Crippen molar-refractivity contribution in [3.63, 3.8) is 0 Å². The van der Waals surface area contributed by atoms with Crippen molar-refractivity contribution in [1.82, 2.24) is 49.3 Å². The van der Waals surface area contributed by atoms with Gasteiger partial charge in [0.2, 0.25) is 5.88 Å². The molecule has 2 spiro atoms. The summed E-state index contributed by atoms with van der Waals surface area (Å²) in [5.41, 5.74) is 10.3. The van der Waals surface area contributed by atoms with Crippen LogP contribution >= 0.6 is 159 Å². The molecule has 1 atom stereocenters. The predicted octanol–water partition coefficient (Wildman–Crippen LogP) is 18.5. The molecule has 2 saturated carbocycles. The SMILES string of the molecule is Cc1c(Br)cc(C(=O)N2CC3(CC3)Oc3cnn(C)c32)cc1Br.Cc1c(Br)cc(C(=O)N2CCOc3[nH]ncc32)cc1Br.Cc1c(Br)cc(C(=O)N2CCOc3cn(C)nc32)cc1Br.Cc1nn(C)c2c1OC1(CC1)CN2C(=O)c1cc(Br)c(C)c(Br)c1.Cc1nn(C)c2c1O[C@H](C)CN2C(=O)c1cc(Br)c(C)c(Br)c1. The van der Waals surface area contributed by atoms with Gasteiger partial charge in [0.1, 0.15) is 47.6 Å². The molecular weight excluding hydrogens is 2080 g/mol. The van der Waals surface area contributed by atoms with E-state index in [9.17, 15) is 24.0 Å². The molecule has 2 aliphatic carbocycles. The summed E-state index contributed by atoms with van der Waals surface area (Å²) >= 11 is 35.0. The fourth-order valence-corrected chi connectivity index (χ4v) is 19.0. The number of fused-ring (bicyclic) bond motifs is 5. The molecule has 25 nitrogen and oxygen atoms in total. The molecular formula is C76H73Br10N15O10. The van der Waals surface area contributed by atoms with E-state index < -0.39 is 0 Å². The minimum Gasteiger partial charge on any atom is -0.486 e. The number of hydrogen-bond acceptors (Lipinski definition) is 15. The molecule has 17 rings (SSSR count). The van der Waals surface area contributed by atoms with E-state index in [1.807, 2.05) is 149 Å². The first-order chi connectivity index (χ1) is 52.5. The number of benzene rings is 5. The van der Waals surface area contributed by atoms with Crippen molar-refractivity contribution in [3.8, 4) is 28.9 Å². The Hall–Kier alpha value is -6.70. The quantitative estimate of drug-likeness (QED) is 0.168. The average molecular weight is 2160 g/mol. The van der Waals surface area contributed by atoms with Crippen molar-refractivity contribution < 1.29 is 47.7 Å². The highest BCUT2D eigenvalue weighted by Crippen LogP contribution is 2.51. The molecule has 10 aromatic rings. The standard InChI is InChI=1S/C17H17Br2N3O2.C16H15Br2N3O2.C16H17Br2N3O2.C14H13Br2N3O2.C13H11Br2N3O2/c1-9-12(18)6-11(7-13(9)19)16(23)22-8-17(4-5-17)24-14-10(2)20-21(3)15(14)22;1-9-11(17)5-10(6-12(9)18)15(22)21-8-16(3-4-16)23-13-7-19-20(2)14(13)21;1-8-7-21(15-14(23-8)10(3)19-20(15)4)16(22)11-5-12(17)9(2)13(18)6-11;1-8-10(15)5-9(6-11(8)16)14(20)19-3-4-21-12-7-18(2)17-13(12)19;1-7-9(14)4-8(5-10(7)15)13(19)18-2-3-20-12-11(18)6-16-17-12/h6-7H,4-5,8H2,1-3H3;5-7H,3-4,8H2,1-2H3;5-6,8H,7H2,1-4H3;5-7H,3-4H2,1-2H3;4-6H,2-3H2,1H3,(H,16,17)/t;;8-;;/m..1../s1. The highest BCUT2D eigenvalue weighted by Gasteiger charge is 2.54. The summed E-state index contributed by atoms with van der Waals surface area (Å²) in [6.45, 7) is 19.3. The van der Waals surface area contributed by atoms with Crippen molar-refractivity contribution >= 4 is 218 Å². The molecule has 111 heavy (non-hydrogen) atoms. The molecule has 1 N–H and O–H groups in total. The molecule has 2 fully saturated rings. The second-order valence-electron chi connectivity index (χ2n) is 27.9. The summed E-state index contributed by atoms with van der Waals surface area (Å²) in [7, 11) is 7.31. The van der Waals surface area contributed by atoms with E-state index in [-0.39, 0.29) is 46.8 Å². The van der Waals surface area contributed by atoms with Crippen molar-refractivity contribution in [3.05, 3.63) is 191 Å². The molecule has 5 aliphatic heterocycles. The Morgan fingerprint density at radius 3 is 1.27 bits per heavy atom. The van der Waals surface area contributed by atoms with Crippen LogP contribution in [-0.2, 0) is 28.2 Å². The number of halogens is 10. The van der Waals surface area contributed by atoms with Crippen LogP contribution in [0.25, 0.3) is 0 Å². The third kappa shape index (κ3) is 16.9. The van der Waals surface area contributed by atoms with E-state index >= 15 is 0 Å². The number of aryl methyl sites for hydroxylation is 6. The molecule has 5 aromatic carbocycles. The lowest BCUT2D eigenvalue weighted by molar-refractivity contribution is 0.0935. The minimum absolute atomic E-state index is 0.0322. The maximum atomic E-state index is 13.2. The number of hydrogen-bond donors (Lipinski definition) is 1. The van der Waals surface area contributed by atoms with Crippen molar-refractivity contribution in [2.75, 3.05) is 70.4 Å². The predicted molar refractivity (Wildman–Crippen MR) is 458 cm³/mol. The minimum atomic E-state index is -0.227. The van der Waals surface area contributed by atoms with Crippen molar-refractivity contribution in [2.24, 2.45) is 28.2 Å². The van der Waals surface area contributed by atoms with Crippen LogP contribution in [0.5, 0.6) is 28.9 Å². The molecule has 0 unspecified atom stereocenters. The van der Waals surface area contributed by atoms with Crippen molar-refractivity contribution in [1.29, 1.82) is 0 Å². The Morgan fingerprint density at radius 1 is 0.441 bits per heavy atom. The monoisotopic (exact) mass is 2140 g/mol. The van der Waals surface area contributed by atoms with Crippen LogP contribution in [0.3, 0.4) is 0 Å². The molecule has 0 saturated heterocycles. The van der Waals surface area contributed by atoms with Crippen molar-refractivity contribution in [2.45, 2.75) is 98.4 Å². The number of rotatable bonds is 5. The molecule has 7 aliphatic rings. The molecule has 0 bridgehead atoms. The number of ether oxygens (including phenoxy) is 5. The fraction of sp³-hybridized carbons (Fsp3) is 0.342. The Kier molecular flexibility index (Phi) is 24.4. The second kappa shape index (κ2) is 32.9. The molecule has 582 valence electrons. The third-order valence-electron chi connectivity index (χ3n) is 19.7. The van der Waals surface area contributed by atoms with Gasteiger partial charge < -0.3 is 23.7 Å². The zero-order valence-corrected chi connectivity index (χ0v) is 77.8. The number of amides is 5. The van der Waals surface area contributed by atoms with Crippen LogP contribution in [0.2, 0.25) is 0 Å². The number of aromatic nitrogens is 10. The van der Waals surface area contributed by atoms with Crippen LogP contribution in [0.4, 0.5) is 29.0 Å². The number of anilines is 5. The summed E-state index contributed by atoms with van der Waals surface area (Å²) in [5, 5.41) is 24.0. The van der Waals surface area contributed by atoms with Crippen LogP contribution in [0.1, 0.15) is 124 Å². The molecule has 5 amide bonds. The molecule has 35 heteroatoms. The lowest BCUT2D eigenvalue weighted by Crippen LogP contribution is -2.45. The van der Waals surface area contributed by atoms with Gasteiger partial charge in [0.15, 0.2) is 46.3 Å². The first-order valence-corrected chi connectivity index (χ1v) is 42.8. The highest BCUT2D eigenvalue weighted by molar-refractivity contribution is 9.12. The number of nitrogens with one attached hydrogen (secondary N) is 1. The lowest BCUT2D eigenvalue weighted by atomic mass is 10.1. The summed E-state index contributed by atoms with van der Waals surface area (Å²) in [4.78, 5) is 73.6. The number of carbonyl (C=O) groups excluding carboxylic acids is 5. The van der Waals surface area contributed by atoms with Crippen LogP contribution in [0.15, 0.2) is 124 Å². The Labute approximate surface area is 724 Å².